The number of anilines is 1. The van der Waals surface area contributed by atoms with Gasteiger partial charge in [0.1, 0.15) is 0 Å². The molecule has 0 spiro atoms. The highest BCUT2D eigenvalue weighted by Crippen LogP contribution is 2.40. The molecule has 1 aliphatic heterocycles. The molecule has 1 saturated heterocycles. The predicted octanol–water partition coefficient (Wildman–Crippen LogP) is 6.69. The molecule has 2 aliphatic rings. The first-order chi connectivity index (χ1) is 19.8. The molecule has 1 aromatic heterocycles. The fourth-order valence-electron chi connectivity index (χ4n) is 5.78. The lowest BCUT2D eigenvalue weighted by molar-refractivity contribution is -0.122. The molecule has 4 aromatic rings. The number of Topliss-reactive ketones (excluding diaryl/α,β-unsaturated/α-hetero) is 1. The highest BCUT2D eigenvalue weighted by molar-refractivity contribution is 9.10. The molecule has 6 rings (SSSR count). The second kappa shape index (κ2) is 11.0. The average molecular weight is 611 g/mol. The fourth-order valence-corrected chi connectivity index (χ4v) is 6.05. The van der Waals surface area contributed by atoms with Gasteiger partial charge in [-0.2, -0.15) is 0 Å². The molecule has 1 saturated carbocycles. The standard InChI is InChI=1S/C33H27BrN2O5/c1-19-6-15-28-26(16-19)27(33(40)41-18-30(37)21-7-11-22(34)12-8-21)17-29(35-28)20-9-13-23(14-10-20)36-31(38)24-4-2-3-5-25(24)32(36)39/h6-17,24-25H,2-5,18H2,1H3/t24-,25+. The van der Waals surface area contributed by atoms with E-state index in [0.29, 0.717) is 39.0 Å². The van der Waals surface area contributed by atoms with Gasteiger partial charge in [-0.05, 0) is 62.2 Å². The van der Waals surface area contributed by atoms with Crippen LogP contribution in [0.2, 0.25) is 0 Å². The van der Waals surface area contributed by atoms with Crippen LogP contribution < -0.4 is 4.90 Å². The van der Waals surface area contributed by atoms with Crippen LogP contribution >= 0.6 is 15.9 Å². The first-order valence-electron chi connectivity index (χ1n) is 13.7. The number of nitrogens with zero attached hydrogens (tertiary/aromatic N) is 2. The Balaban J connectivity index is 1.28. The maximum absolute atomic E-state index is 13.3. The van der Waals surface area contributed by atoms with Crippen LogP contribution in [0.25, 0.3) is 22.2 Å². The van der Waals surface area contributed by atoms with Crippen molar-refractivity contribution >= 4 is 56.1 Å². The summed E-state index contributed by atoms with van der Waals surface area (Å²) in [6.45, 7) is 1.54. The van der Waals surface area contributed by atoms with E-state index in [-0.39, 0.29) is 36.0 Å². The molecule has 2 fully saturated rings. The summed E-state index contributed by atoms with van der Waals surface area (Å²) in [5.41, 5.74) is 4.11. The second-order valence-corrected chi connectivity index (χ2v) is 11.6. The Hall–Kier alpha value is -4.17. The van der Waals surface area contributed by atoms with Gasteiger partial charge >= 0.3 is 5.97 Å². The van der Waals surface area contributed by atoms with Crippen molar-refractivity contribution in [2.75, 3.05) is 11.5 Å². The van der Waals surface area contributed by atoms with Crippen LogP contribution in [0.3, 0.4) is 0 Å². The van der Waals surface area contributed by atoms with Crippen LogP contribution in [0.15, 0.2) is 77.3 Å². The molecule has 2 atom stereocenters. The van der Waals surface area contributed by atoms with Crippen molar-refractivity contribution < 1.29 is 23.9 Å². The Morgan fingerprint density at radius 3 is 2.22 bits per heavy atom. The van der Waals surface area contributed by atoms with E-state index in [4.69, 9.17) is 9.72 Å². The quantitative estimate of drug-likeness (QED) is 0.137. The highest BCUT2D eigenvalue weighted by atomic mass is 79.9. The minimum atomic E-state index is -0.623. The summed E-state index contributed by atoms with van der Waals surface area (Å²) in [7, 11) is 0. The lowest BCUT2D eigenvalue weighted by atomic mass is 9.81. The number of esters is 1. The minimum Gasteiger partial charge on any atom is -0.454 e. The van der Waals surface area contributed by atoms with Crippen molar-refractivity contribution in [3.8, 4) is 11.3 Å². The molecule has 206 valence electrons. The number of hydrogen-bond donors (Lipinski definition) is 0. The lowest BCUT2D eigenvalue weighted by Crippen LogP contribution is -2.30. The van der Waals surface area contributed by atoms with E-state index < -0.39 is 5.97 Å². The number of hydrogen-bond acceptors (Lipinski definition) is 6. The smallest absolute Gasteiger partial charge is 0.339 e. The summed E-state index contributed by atoms with van der Waals surface area (Å²) in [6.07, 6.45) is 3.47. The summed E-state index contributed by atoms with van der Waals surface area (Å²) in [6, 6.07) is 21.2. The van der Waals surface area contributed by atoms with Gasteiger partial charge in [0.25, 0.3) is 0 Å². The highest BCUT2D eigenvalue weighted by Gasteiger charge is 2.48. The maximum atomic E-state index is 13.3. The molecule has 8 heteroatoms. The molecule has 2 heterocycles. The first kappa shape index (κ1) is 27.0. The van der Waals surface area contributed by atoms with Crippen LogP contribution in [0.1, 0.15) is 52.0 Å². The van der Waals surface area contributed by atoms with Crippen LogP contribution in [0, 0.1) is 18.8 Å². The minimum absolute atomic E-state index is 0.116. The number of fused-ring (bicyclic) bond motifs is 2. The molecular weight excluding hydrogens is 584 g/mol. The summed E-state index contributed by atoms with van der Waals surface area (Å²) < 4.78 is 6.31. The summed E-state index contributed by atoms with van der Waals surface area (Å²) >= 11 is 3.35. The number of ether oxygens (including phenoxy) is 1. The van der Waals surface area contributed by atoms with Crippen LogP contribution in [0.4, 0.5) is 5.69 Å². The van der Waals surface area contributed by atoms with E-state index in [0.717, 1.165) is 35.7 Å². The second-order valence-electron chi connectivity index (χ2n) is 10.6. The van der Waals surface area contributed by atoms with Crippen molar-refractivity contribution in [3.63, 3.8) is 0 Å². The number of aromatic nitrogens is 1. The number of ketones is 1. The van der Waals surface area contributed by atoms with Gasteiger partial charge in [0.2, 0.25) is 11.8 Å². The van der Waals surface area contributed by atoms with Gasteiger partial charge in [-0.1, -0.05) is 64.7 Å². The van der Waals surface area contributed by atoms with E-state index in [2.05, 4.69) is 15.9 Å². The summed E-state index contributed by atoms with van der Waals surface area (Å²) in [5, 5.41) is 0.627. The Morgan fingerprint density at radius 2 is 1.56 bits per heavy atom. The molecule has 7 nitrogen and oxygen atoms in total. The van der Waals surface area contributed by atoms with Crippen molar-refractivity contribution in [3.05, 3.63) is 94.0 Å². The number of aryl methyl sites for hydroxylation is 1. The van der Waals surface area contributed by atoms with Crippen molar-refractivity contribution in [1.82, 2.24) is 4.98 Å². The van der Waals surface area contributed by atoms with Crippen LogP contribution in [-0.2, 0) is 14.3 Å². The van der Waals surface area contributed by atoms with Gasteiger partial charge in [0.15, 0.2) is 12.4 Å². The number of rotatable bonds is 6. The molecule has 0 bridgehead atoms. The average Bonchev–Trinajstić information content (AvgIpc) is 3.25. The van der Waals surface area contributed by atoms with E-state index >= 15 is 0 Å². The Kier molecular flexibility index (Phi) is 7.26. The molecule has 0 radical (unpaired) electrons. The van der Waals surface area contributed by atoms with Crippen molar-refractivity contribution in [1.29, 1.82) is 0 Å². The van der Waals surface area contributed by atoms with Crippen molar-refractivity contribution in [2.24, 2.45) is 11.8 Å². The number of pyridine rings is 1. The zero-order valence-corrected chi connectivity index (χ0v) is 24.0. The molecular formula is C33H27BrN2O5. The third-order valence-corrected chi connectivity index (χ3v) is 8.48. The van der Waals surface area contributed by atoms with Gasteiger partial charge in [0, 0.05) is 21.0 Å². The van der Waals surface area contributed by atoms with E-state index in [9.17, 15) is 19.2 Å². The number of halogens is 1. The predicted molar refractivity (Wildman–Crippen MR) is 159 cm³/mol. The third kappa shape index (κ3) is 5.20. The molecule has 0 unspecified atom stereocenters. The Morgan fingerprint density at radius 1 is 0.902 bits per heavy atom. The number of carbonyl (C=O) groups is 4. The van der Waals surface area contributed by atoms with Gasteiger partial charge in [0.05, 0.1) is 34.3 Å². The van der Waals surface area contributed by atoms with E-state index in [1.165, 1.54) is 4.90 Å². The monoisotopic (exact) mass is 610 g/mol. The van der Waals surface area contributed by atoms with Crippen molar-refractivity contribution in [2.45, 2.75) is 32.6 Å². The molecule has 3 aromatic carbocycles. The van der Waals surface area contributed by atoms with Crippen LogP contribution in [0.5, 0.6) is 0 Å². The van der Waals surface area contributed by atoms with E-state index in [1.807, 2.05) is 25.1 Å². The number of benzene rings is 3. The number of carbonyl (C=O) groups excluding carboxylic acids is 4. The first-order valence-corrected chi connectivity index (χ1v) is 14.4. The molecule has 2 amide bonds. The summed E-state index contributed by atoms with van der Waals surface area (Å²) in [5.74, 6) is -1.59. The SMILES string of the molecule is Cc1ccc2nc(-c3ccc(N4C(=O)[C@H]5CCCC[C@H]5C4=O)cc3)cc(C(=O)OCC(=O)c3ccc(Br)cc3)c2c1. The topological polar surface area (TPSA) is 93.6 Å². The van der Waals surface area contributed by atoms with Gasteiger partial charge in [-0.25, -0.2) is 9.78 Å². The van der Waals surface area contributed by atoms with Gasteiger partial charge in [-0.3, -0.25) is 19.3 Å². The van der Waals surface area contributed by atoms with Crippen LogP contribution in [-0.4, -0.2) is 35.2 Å². The maximum Gasteiger partial charge on any atom is 0.339 e. The Bertz CT molecular complexity index is 1670. The zero-order valence-electron chi connectivity index (χ0n) is 22.4. The van der Waals surface area contributed by atoms with Gasteiger partial charge < -0.3 is 4.74 Å². The number of amides is 2. The zero-order chi connectivity index (χ0) is 28.7. The lowest BCUT2D eigenvalue weighted by Gasteiger charge is -2.19. The normalized spacial score (nSPS) is 18.4. The number of imide groups is 1. The Labute approximate surface area is 245 Å². The largest absolute Gasteiger partial charge is 0.454 e. The van der Waals surface area contributed by atoms with E-state index in [1.54, 1.807) is 54.6 Å². The summed E-state index contributed by atoms with van der Waals surface area (Å²) in [4.78, 5) is 58.0. The molecule has 1 aliphatic carbocycles. The molecule has 41 heavy (non-hydrogen) atoms. The molecule has 0 N–H and O–H groups in total. The van der Waals surface area contributed by atoms with Gasteiger partial charge in [-0.15, -0.1) is 0 Å². The fraction of sp³-hybridized carbons (Fsp3) is 0.242. The third-order valence-electron chi connectivity index (χ3n) is 7.95.